The fraction of sp³-hybridized carbons (Fsp3) is 0.667. The molecule has 0 amide bonds. The fourth-order valence-electron chi connectivity index (χ4n) is 1.13. The summed E-state index contributed by atoms with van der Waals surface area (Å²) in [4.78, 5) is 1.96. The second-order valence-electron chi connectivity index (χ2n) is 3.59. The lowest BCUT2D eigenvalue weighted by Crippen LogP contribution is -2.25. The molecule has 0 aromatic carbocycles. The van der Waals surface area contributed by atoms with E-state index >= 15 is 0 Å². The van der Waals surface area contributed by atoms with Crippen molar-refractivity contribution in [1.29, 1.82) is 0 Å². The van der Waals surface area contributed by atoms with E-state index in [4.69, 9.17) is 0 Å². The summed E-state index contributed by atoms with van der Waals surface area (Å²) in [6.45, 7) is 4.75. The zero-order valence-corrected chi connectivity index (χ0v) is 10.9. The van der Waals surface area contributed by atoms with Crippen LogP contribution in [0.4, 0.5) is 0 Å². The van der Waals surface area contributed by atoms with Crippen LogP contribution in [0.15, 0.2) is 11.6 Å². The van der Waals surface area contributed by atoms with Crippen molar-refractivity contribution in [3.8, 4) is 11.8 Å². The van der Waals surface area contributed by atoms with E-state index in [1.54, 1.807) is 0 Å². The maximum atomic E-state index is 9.51. The smallest absolute Gasteiger partial charge is 0.0776 e. The fourth-order valence-corrected chi connectivity index (χ4v) is 1.13. The lowest BCUT2D eigenvalue weighted by Gasteiger charge is -2.12. The molecule has 0 aromatic rings. The number of hydrogen-bond donors (Lipinski definition) is 1. The van der Waals surface area contributed by atoms with Gasteiger partial charge in [0.25, 0.3) is 0 Å². The van der Waals surface area contributed by atoms with E-state index in [0.29, 0.717) is 13.0 Å². The van der Waals surface area contributed by atoms with Crippen LogP contribution in [0.1, 0.15) is 26.7 Å². The van der Waals surface area contributed by atoms with Crippen molar-refractivity contribution >= 4 is 12.4 Å². The average molecular weight is 232 g/mol. The van der Waals surface area contributed by atoms with Gasteiger partial charge in [-0.05, 0) is 33.0 Å². The summed E-state index contributed by atoms with van der Waals surface area (Å²) in [6.07, 6.45) is 3.20. The Morgan fingerprint density at radius 3 is 2.47 bits per heavy atom. The van der Waals surface area contributed by atoms with Crippen molar-refractivity contribution in [3.63, 3.8) is 0 Å². The molecule has 3 heteroatoms. The largest absolute Gasteiger partial charge is 0.391 e. The summed E-state index contributed by atoms with van der Waals surface area (Å²) in [5, 5.41) is 9.51. The summed E-state index contributed by atoms with van der Waals surface area (Å²) >= 11 is 0. The number of aliphatic hydroxyl groups excluding tert-OH is 1. The maximum Gasteiger partial charge on any atom is 0.0776 e. The van der Waals surface area contributed by atoms with Gasteiger partial charge >= 0.3 is 0 Å². The Morgan fingerprint density at radius 2 is 2.07 bits per heavy atom. The van der Waals surface area contributed by atoms with Crippen LogP contribution in [0, 0.1) is 11.8 Å². The van der Waals surface area contributed by atoms with Gasteiger partial charge in [-0.3, -0.25) is 0 Å². The Labute approximate surface area is 99.8 Å². The Hall–Kier alpha value is -0.490. The summed E-state index contributed by atoms with van der Waals surface area (Å²) in [7, 11) is 3.89. The van der Waals surface area contributed by atoms with Gasteiger partial charge in [-0.15, -0.1) is 12.4 Å². The topological polar surface area (TPSA) is 23.5 Å². The van der Waals surface area contributed by atoms with Gasteiger partial charge in [-0.2, -0.15) is 0 Å². The molecular weight excluding hydrogens is 210 g/mol. The molecule has 0 bridgehead atoms. The van der Waals surface area contributed by atoms with Crippen molar-refractivity contribution in [3.05, 3.63) is 11.6 Å². The van der Waals surface area contributed by atoms with Crippen LogP contribution >= 0.6 is 12.4 Å². The molecule has 2 nitrogen and oxygen atoms in total. The first kappa shape index (κ1) is 16.9. The summed E-state index contributed by atoms with van der Waals surface area (Å²) < 4.78 is 0. The molecular formula is C12H22ClNO. The van der Waals surface area contributed by atoms with Gasteiger partial charge in [0.15, 0.2) is 0 Å². The lowest BCUT2D eigenvalue weighted by atomic mass is 10.2. The number of rotatable bonds is 4. The van der Waals surface area contributed by atoms with E-state index < -0.39 is 0 Å². The highest BCUT2D eigenvalue weighted by Gasteiger charge is 2.02. The number of allylic oxidation sites excluding steroid dienone is 2. The standard InChI is InChI=1S/C12H21NO.ClH/c1-5-11(6-2)8-7-9-12(14)10-13(3)4;/h5,12,14H,6,9-10H2,1-4H3;1H/b11-5+;. The molecule has 88 valence electrons. The molecule has 0 aliphatic heterocycles. The third kappa shape index (κ3) is 9.81. The van der Waals surface area contributed by atoms with E-state index in [9.17, 15) is 5.11 Å². The van der Waals surface area contributed by atoms with Crippen LogP contribution in [-0.4, -0.2) is 36.8 Å². The van der Waals surface area contributed by atoms with Gasteiger partial charge in [0.05, 0.1) is 6.10 Å². The lowest BCUT2D eigenvalue weighted by molar-refractivity contribution is 0.141. The summed E-state index contributed by atoms with van der Waals surface area (Å²) in [5.41, 5.74) is 1.14. The molecule has 0 saturated carbocycles. The molecule has 0 saturated heterocycles. The number of halogens is 1. The first-order valence-corrected chi connectivity index (χ1v) is 5.07. The van der Waals surface area contributed by atoms with Crippen molar-refractivity contribution in [1.82, 2.24) is 4.90 Å². The maximum absolute atomic E-state index is 9.51. The summed E-state index contributed by atoms with van der Waals surface area (Å²) in [6, 6.07) is 0. The van der Waals surface area contributed by atoms with Gasteiger partial charge in [0.1, 0.15) is 0 Å². The molecule has 0 heterocycles. The molecule has 15 heavy (non-hydrogen) atoms. The highest BCUT2D eigenvalue weighted by molar-refractivity contribution is 5.85. The number of aliphatic hydroxyl groups is 1. The van der Waals surface area contributed by atoms with E-state index in [1.807, 2.05) is 32.0 Å². The normalized spacial score (nSPS) is 12.8. The third-order valence-corrected chi connectivity index (χ3v) is 1.89. The predicted molar refractivity (Wildman–Crippen MR) is 68.2 cm³/mol. The van der Waals surface area contributed by atoms with Gasteiger partial charge in [-0.25, -0.2) is 0 Å². The van der Waals surface area contributed by atoms with Crippen LogP contribution in [0.3, 0.4) is 0 Å². The first-order chi connectivity index (χ1) is 6.60. The van der Waals surface area contributed by atoms with Gasteiger partial charge in [0.2, 0.25) is 0 Å². The van der Waals surface area contributed by atoms with Crippen LogP contribution in [-0.2, 0) is 0 Å². The van der Waals surface area contributed by atoms with Crippen molar-refractivity contribution < 1.29 is 5.11 Å². The number of likely N-dealkylation sites (N-methyl/N-ethyl adjacent to an activating group) is 1. The molecule has 0 spiro atoms. The Kier molecular flexibility index (Phi) is 11.3. The zero-order chi connectivity index (χ0) is 11.0. The minimum atomic E-state index is -0.340. The molecule has 0 aliphatic carbocycles. The predicted octanol–water partition coefficient (Wildman–Crippen LogP) is 2.08. The minimum absolute atomic E-state index is 0. The Morgan fingerprint density at radius 1 is 1.47 bits per heavy atom. The number of hydrogen-bond acceptors (Lipinski definition) is 2. The van der Waals surface area contributed by atoms with E-state index in [2.05, 4.69) is 18.8 Å². The average Bonchev–Trinajstić information content (AvgIpc) is 2.11. The molecule has 1 N–H and O–H groups in total. The van der Waals surface area contributed by atoms with Crippen LogP contribution in [0.5, 0.6) is 0 Å². The SMILES string of the molecule is C/C=C(/C#CCC(O)CN(C)C)CC.Cl. The highest BCUT2D eigenvalue weighted by Crippen LogP contribution is 1.98. The van der Waals surface area contributed by atoms with Crippen LogP contribution in [0.25, 0.3) is 0 Å². The Balaban J connectivity index is 0. The van der Waals surface area contributed by atoms with E-state index in [-0.39, 0.29) is 18.5 Å². The molecule has 0 rings (SSSR count). The quantitative estimate of drug-likeness (QED) is 0.749. The molecule has 1 unspecified atom stereocenters. The highest BCUT2D eigenvalue weighted by atomic mass is 35.5. The Bertz CT molecular complexity index is 238. The molecule has 0 aromatic heterocycles. The van der Waals surface area contributed by atoms with Gasteiger partial charge in [0, 0.05) is 13.0 Å². The van der Waals surface area contributed by atoms with Crippen LogP contribution in [0.2, 0.25) is 0 Å². The van der Waals surface area contributed by atoms with Gasteiger partial charge < -0.3 is 10.0 Å². The van der Waals surface area contributed by atoms with Crippen LogP contribution < -0.4 is 0 Å². The first-order valence-electron chi connectivity index (χ1n) is 5.07. The van der Waals surface area contributed by atoms with Crippen molar-refractivity contribution in [2.24, 2.45) is 0 Å². The number of nitrogens with zero attached hydrogens (tertiary/aromatic N) is 1. The molecule has 0 radical (unpaired) electrons. The van der Waals surface area contributed by atoms with Crippen molar-refractivity contribution in [2.75, 3.05) is 20.6 Å². The second kappa shape index (κ2) is 10.0. The van der Waals surface area contributed by atoms with E-state index in [1.165, 1.54) is 0 Å². The monoisotopic (exact) mass is 231 g/mol. The van der Waals surface area contributed by atoms with Crippen molar-refractivity contribution in [2.45, 2.75) is 32.8 Å². The molecule has 0 fully saturated rings. The molecule has 0 aliphatic rings. The minimum Gasteiger partial charge on any atom is -0.391 e. The zero-order valence-electron chi connectivity index (χ0n) is 10.1. The summed E-state index contributed by atoms with van der Waals surface area (Å²) in [5.74, 6) is 6.05. The van der Waals surface area contributed by atoms with E-state index in [0.717, 1.165) is 12.0 Å². The van der Waals surface area contributed by atoms with Gasteiger partial charge in [-0.1, -0.05) is 24.8 Å². The third-order valence-electron chi connectivity index (χ3n) is 1.89. The second-order valence-corrected chi connectivity index (χ2v) is 3.59. The molecule has 1 atom stereocenters.